The Balaban J connectivity index is 1.59. The molecule has 0 unspecified atom stereocenters. The summed E-state index contributed by atoms with van der Waals surface area (Å²) in [4.78, 5) is 5.10. The second-order valence-electron chi connectivity index (χ2n) is 8.73. The first kappa shape index (κ1) is 22.2. The van der Waals surface area contributed by atoms with Crippen LogP contribution in [0, 0.1) is 0 Å². The van der Waals surface area contributed by atoms with E-state index in [4.69, 9.17) is 22.3 Å². The van der Waals surface area contributed by atoms with E-state index in [2.05, 4.69) is 57.8 Å². The molecule has 5 aromatic rings. The highest BCUT2D eigenvalue weighted by Crippen LogP contribution is 2.40. The average molecular weight is 491 g/mol. The second kappa shape index (κ2) is 9.40. The summed E-state index contributed by atoms with van der Waals surface area (Å²) in [5.74, 6) is 0.285. The summed E-state index contributed by atoms with van der Waals surface area (Å²) >= 11 is 6.01. The van der Waals surface area contributed by atoms with Crippen LogP contribution in [0.4, 0.5) is 17.2 Å². The predicted octanol–water partition coefficient (Wildman–Crippen LogP) is 7.92. The highest BCUT2D eigenvalue weighted by atomic mass is 35.5. The second-order valence-corrected chi connectivity index (χ2v) is 9.17. The van der Waals surface area contributed by atoms with Crippen molar-refractivity contribution in [3.05, 3.63) is 107 Å². The summed E-state index contributed by atoms with van der Waals surface area (Å²) in [5.41, 5.74) is 14.6. The van der Waals surface area contributed by atoms with Crippen LogP contribution in [0.3, 0.4) is 0 Å². The van der Waals surface area contributed by atoms with E-state index in [1.807, 2.05) is 28.8 Å². The number of hydrogen-bond acceptors (Lipinski definition) is 5. The smallest absolute Gasteiger partial charge is 0.186 e. The minimum atomic E-state index is 0.285. The first-order valence-electron chi connectivity index (χ1n) is 11.9. The summed E-state index contributed by atoms with van der Waals surface area (Å²) in [6.45, 7) is 0. The topological polar surface area (TPSA) is 80.9 Å². The fraction of sp³-hybridized carbons (Fsp3) is 0.103. The van der Waals surface area contributed by atoms with Crippen LogP contribution < -0.4 is 5.73 Å². The maximum atomic E-state index is 6.38. The van der Waals surface area contributed by atoms with Gasteiger partial charge < -0.3 is 5.73 Å². The Morgan fingerprint density at radius 1 is 0.861 bits per heavy atom. The Bertz CT molecular complexity index is 1600. The molecule has 2 aromatic heterocycles. The molecule has 7 heteroatoms. The van der Waals surface area contributed by atoms with E-state index in [-0.39, 0.29) is 5.82 Å². The van der Waals surface area contributed by atoms with Gasteiger partial charge >= 0.3 is 0 Å². The molecule has 0 aliphatic heterocycles. The van der Waals surface area contributed by atoms with E-state index in [0.29, 0.717) is 22.0 Å². The predicted molar refractivity (Wildman–Crippen MR) is 146 cm³/mol. The lowest BCUT2D eigenvalue weighted by Gasteiger charge is -2.22. The zero-order chi connectivity index (χ0) is 24.5. The lowest BCUT2D eigenvalue weighted by atomic mass is 9.87. The number of nitrogens with zero attached hydrogens (tertiary/aromatic N) is 5. The minimum absolute atomic E-state index is 0.285. The van der Waals surface area contributed by atoms with Crippen LogP contribution in [0.25, 0.3) is 28.6 Å². The molecule has 0 fully saturated rings. The van der Waals surface area contributed by atoms with Gasteiger partial charge in [-0.1, -0.05) is 72.3 Å². The molecule has 0 saturated heterocycles. The highest BCUT2D eigenvalue weighted by molar-refractivity contribution is 6.30. The molecule has 1 aliphatic rings. The van der Waals surface area contributed by atoms with Crippen molar-refractivity contribution in [2.45, 2.75) is 19.3 Å². The summed E-state index contributed by atoms with van der Waals surface area (Å²) in [7, 11) is 0. The molecule has 0 atom stereocenters. The third-order valence-corrected chi connectivity index (χ3v) is 6.57. The fourth-order valence-corrected chi connectivity index (χ4v) is 4.78. The van der Waals surface area contributed by atoms with Gasteiger partial charge in [-0.15, -0.1) is 10.2 Å². The number of allylic oxidation sites excluding steroid dienone is 1. The first-order valence-corrected chi connectivity index (χ1v) is 12.2. The van der Waals surface area contributed by atoms with Gasteiger partial charge in [0, 0.05) is 16.1 Å². The standard InChI is InChI=1S/C29H23ClN6/c30-22-14-16-23(17-15-22)33-34-26-28(31)35-36-27(20-10-5-2-6-11-20)24-13-7-12-21(25(24)32-29(26)36)18-19-8-3-1-4-9-19/h1-6,8-11,14-18H,7,12-13H2,(H2,31,35)/b21-18+,34-33?. The molecule has 36 heavy (non-hydrogen) atoms. The van der Waals surface area contributed by atoms with Crippen LogP contribution in [0.5, 0.6) is 0 Å². The zero-order valence-electron chi connectivity index (χ0n) is 19.5. The molecule has 6 nitrogen and oxygen atoms in total. The molecule has 2 N–H and O–H groups in total. The maximum absolute atomic E-state index is 6.38. The Labute approximate surface area is 213 Å². The Morgan fingerprint density at radius 2 is 1.58 bits per heavy atom. The number of nitrogen functional groups attached to an aromatic ring is 1. The van der Waals surface area contributed by atoms with E-state index < -0.39 is 0 Å². The van der Waals surface area contributed by atoms with Gasteiger partial charge in [-0.25, -0.2) is 9.50 Å². The van der Waals surface area contributed by atoms with Gasteiger partial charge in [0.2, 0.25) is 0 Å². The number of nitrogens with two attached hydrogens (primary N) is 1. The van der Waals surface area contributed by atoms with Gasteiger partial charge in [0.1, 0.15) is 0 Å². The van der Waals surface area contributed by atoms with Gasteiger partial charge in [0.25, 0.3) is 0 Å². The molecule has 0 amide bonds. The van der Waals surface area contributed by atoms with Crippen LogP contribution in [-0.2, 0) is 6.42 Å². The molecular formula is C29H23ClN6. The van der Waals surface area contributed by atoms with Gasteiger partial charge in [-0.05, 0) is 60.7 Å². The zero-order valence-corrected chi connectivity index (χ0v) is 20.2. The van der Waals surface area contributed by atoms with Crippen molar-refractivity contribution in [2.75, 3.05) is 5.73 Å². The molecule has 176 valence electrons. The quantitative estimate of drug-likeness (QED) is 0.260. The molecule has 0 radical (unpaired) electrons. The molecule has 0 saturated carbocycles. The van der Waals surface area contributed by atoms with Crippen LogP contribution in [0.2, 0.25) is 5.02 Å². The van der Waals surface area contributed by atoms with Crippen molar-refractivity contribution in [1.29, 1.82) is 0 Å². The molecule has 1 aliphatic carbocycles. The molecule has 0 spiro atoms. The normalized spacial score (nSPS) is 14.5. The molecular weight excluding hydrogens is 468 g/mol. The number of anilines is 1. The van der Waals surface area contributed by atoms with Gasteiger partial charge in [0.15, 0.2) is 17.2 Å². The number of benzene rings is 3. The molecule has 2 heterocycles. The van der Waals surface area contributed by atoms with Crippen LogP contribution >= 0.6 is 11.6 Å². The summed E-state index contributed by atoms with van der Waals surface area (Å²) < 4.78 is 1.82. The summed E-state index contributed by atoms with van der Waals surface area (Å²) in [6, 6.07) is 27.8. The van der Waals surface area contributed by atoms with Crippen molar-refractivity contribution in [1.82, 2.24) is 14.6 Å². The van der Waals surface area contributed by atoms with Gasteiger partial charge in [0.05, 0.1) is 17.1 Å². The van der Waals surface area contributed by atoms with E-state index in [1.54, 1.807) is 24.3 Å². The Morgan fingerprint density at radius 3 is 2.33 bits per heavy atom. The molecule has 3 aromatic carbocycles. The molecule has 0 bridgehead atoms. The SMILES string of the molecule is Nc1nn2c(-c3ccccc3)c3c(nc2c1N=Nc1ccc(Cl)cc1)/C(=C/c1ccccc1)CCC3. The number of halogens is 1. The van der Waals surface area contributed by atoms with Crippen molar-refractivity contribution < 1.29 is 0 Å². The van der Waals surface area contributed by atoms with Crippen molar-refractivity contribution in [2.24, 2.45) is 10.2 Å². The number of fused-ring (bicyclic) bond motifs is 2. The van der Waals surface area contributed by atoms with Crippen molar-refractivity contribution >= 4 is 46.1 Å². The average Bonchev–Trinajstić information content (AvgIpc) is 3.22. The first-order chi connectivity index (χ1) is 17.7. The van der Waals surface area contributed by atoms with Crippen molar-refractivity contribution in [3.8, 4) is 11.3 Å². The van der Waals surface area contributed by atoms with Crippen LogP contribution in [0.1, 0.15) is 29.7 Å². The van der Waals surface area contributed by atoms with Crippen LogP contribution in [-0.4, -0.2) is 14.6 Å². The monoisotopic (exact) mass is 490 g/mol. The fourth-order valence-electron chi connectivity index (χ4n) is 4.66. The van der Waals surface area contributed by atoms with E-state index in [0.717, 1.165) is 41.8 Å². The van der Waals surface area contributed by atoms with Crippen molar-refractivity contribution in [3.63, 3.8) is 0 Å². The lowest BCUT2D eigenvalue weighted by molar-refractivity contribution is 0.793. The third kappa shape index (κ3) is 4.16. The minimum Gasteiger partial charge on any atom is -0.380 e. The maximum Gasteiger partial charge on any atom is 0.186 e. The van der Waals surface area contributed by atoms with E-state index >= 15 is 0 Å². The van der Waals surface area contributed by atoms with Gasteiger partial charge in [-0.2, -0.15) is 5.11 Å². The lowest BCUT2D eigenvalue weighted by Crippen LogP contribution is -2.11. The van der Waals surface area contributed by atoms with Gasteiger partial charge in [-0.3, -0.25) is 0 Å². The Kier molecular flexibility index (Phi) is 5.79. The third-order valence-electron chi connectivity index (χ3n) is 6.32. The largest absolute Gasteiger partial charge is 0.380 e. The van der Waals surface area contributed by atoms with E-state index in [1.165, 1.54) is 11.1 Å². The number of azo groups is 1. The number of aromatic nitrogens is 3. The summed E-state index contributed by atoms with van der Waals surface area (Å²) in [6.07, 6.45) is 5.13. The Hall–Kier alpha value is -4.29. The number of hydrogen-bond donors (Lipinski definition) is 1. The number of rotatable bonds is 4. The van der Waals surface area contributed by atoms with E-state index in [9.17, 15) is 0 Å². The molecule has 6 rings (SSSR count). The van der Waals surface area contributed by atoms with Crippen LogP contribution in [0.15, 0.2) is 95.2 Å². The highest BCUT2D eigenvalue weighted by Gasteiger charge is 2.26. The summed E-state index contributed by atoms with van der Waals surface area (Å²) in [5, 5.41) is 14.2.